The van der Waals surface area contributed by atoms with Crippen molar-refractivity contribution in [2.45, 2.75) is 70.3 Å². The van der Waals surface area contributed by atoms with Gasteiger partial charge in [-0.15, -0.1) is 8.78 Å². The predicted molar refractivity (Wildman–Crippen MR) is 137 cm³/mol. The van der Waals surface area contributed by atoms with E-state index < -0.39 is 17.8 Å². The molecule has 0 spiro atoms. The molecular weight excluding hydrogens is 470 g/mol. The van der Waals surface area contributed by atoms with Gasteiger partial charge in [0.15, 0.2) is 11.5 Å². The van der Waals surface area contributed by atoms with Crippen molar-refractivity contribution in [1.82, 2.24) is 4.57 Å². The van der Waals surface area contributed by atoms with E-state index in [1.807, 2.05) is 29.7 Å². The number of halogens is 2. The van der Waals surface area contributed by atoms with E-state index in [9.17, 15) is 23.8 Å². The number of hydrogen-bond donors (Lipinski definition) is 3. The number of nitrogens with zero attached hydrogens (tertiary/aromatic N) is 1. The Morgan fingerprint density at radius 3 is 2.50 bits per heavy atom. The second kappa shape index (κ2) is 8.18. The van der Waals surface area contributed by atoms with E-state index in [1.165, 1.54) is 12.1 Å². The third kappa shape index (κ3) is 4.20. The molecule has 3 aromatic rings. The number of anilines is 1. The number of aryl methyl sites for hydroxylation is 1. The number of fused-ring (bicyclic) bond motifs is 2. The van der Waals surface area contributed by atoms with Gasteiger partial charge in [0, 0.05) is 26.5 Å². The lowest BCUT2D eigenvalue weighted by Crippen LogP contribution is -2.28. The highest BCUT2D eigenvalue weighted by Gasteiger charge is 2.52. The van der Waals surface area contributed by atoms with E-state index in [0.29, 0.717) is 24.1 Å². The van der Waals surface area contributed by atoms with E-state index in [0.717, 1.165) is 22.2 Å². The lowest BCUT2D eigenvalue weighted by atomic mass is 9.92. The first-order valence-electron chi connectivity index (χ1n) is 12.0. The number of carbonyl (C=O) groups excluding carboxylic acids is 1. The molecule has 1 fully saturated rings. The Labute approximate surface area is 212 Å². The molecule has 36 heavy (non-hydrogen) atoms. The molecule has 1 aromatic heterocycles. The SMILES string of the molecule is Cc1cc(NC(=O)C2(c3ccc4c(c3)OC(F)(F)O4)CC2)cc2cc(C(C)(C)C)n(C[C@@H](O)CO)c12.[HH].[HH].[HH]. The Morgan fingerprint density at radius 2 is 1.86 bits per heavy atom. The molecule has 198 valence electrons. The lowest BCUT2D eigenvalue weighted by Gasteiger charge is -2.24. The highest BCUT2D eigenvalue weighted by molar-refractivity contribution is 6.03. The summed E-state index contributed by atoms with van der Waals surface area (Å²) in [6.07, 6.45) is -3.40. The fraction of sp³-hybridized carbons (Fsp3) is 0.444. The highest BCUT2D eigenvalue weighted by atomic mass is 19.3. The number of nitrogens with one attached hydrogen (secondary N) is 1. The van der Waals surface area contributed by atoms with Gasteiger partial charge in [-0.3, -0.25) is 4.79 Å². The van der Waals surface area contributed by atoms with Gasteiger partial charge in [-0.25, -0.2) is 0 Å². The second-order valence-electron chi connectivity index (χ2n) is 10.8. The van der Waals surface area contributed by atoms with Crippen molar-refractivity contribution >= 4 is 22.5 Å². The molecule has 0 saturated heterocycles. The van der Waals surface area contributed by atoms with E-state index in [-0.39, 0.29) is 40.3 Å². The Balaban J connectivity index is 0.00000178. The van der Waals surface area contributed by atoms with Gasteiger partial charge in [0.2, 0.25) is 5.91 Å². The Bertz CT molecular complexity index is 1370. The molecule has 0 bridgehead atoms. The van der Waals surface area contributed by atoms with Crippen LogP contribution in [0, 0.1) is 6.92 Å². The molecule has 3 N–H and O–H groups in total. The number of rotatable bonds is 6. The van der Waals surface area contributed by atoms with Crippen molar-refractivity contribution < 1.29 is 37.5 Å². The molecule has 0 unspecified atom stereocenters. The zero-order valence-electron chi connectivity index (χ0n) is 20.7. The third-order valence-electron chi connectivity index (χ3n) is 6.95. The minimum Gasteiger partial charge on any atom is -0.395 e. The van der Waals surface area contributed by atoms with Crippen LogP contribution in [0.25, 0.3) is 10.9 Å². The van der Waals surface area contributed by atoms with Gasteiger partial charge >= 0.3 is 6.29 Å². The van der Waals surface area contributed by atoms with Crippen LogP contribution in [-0.4, -0.2) is 39.7 Å². The molecule has 9 heteroatoms. The van der Waals surface area contributed by atoms with Crippen molar-refractivity contribution in [1.29, 1.82) is 0 Å². The Hall–Kier alpha value is -3.17. The number of benzene rings is 2. The first kappa shape index (κ1) is 24.5. The number of aliphatic hydroxyl groups is 2. The topological polar surface area (TPSA) is 93.0 Å². The van der Waals surface area contributed by atoms with Crippen molar-refractivity contribution in [2.75, 3.05) is 11.9 Å². The van der Waals surface area contributed by atoms with Crippen LogP contribution in [0.3, 0.4) is 0 Å². The highest BCUT2D eigenvalue weighted by Crippen LogP contribution is 2.52. The minimum absolute atomic E-state index is 0. The molecule has 2 aromatic carbocycles. The molecule has 1 aliphatic carbocycles. The summed E-state index contributed by atoms with van der Waals surface area (Å²) in [7, 11) is 0. The van der Waals surface area contributed by atoms with Crippen molar-refractivity contribution in [3.8, 4) is 11.5 Å². The summed E-state index contributed by atoms with van der Waals surface area (Å²) < 4.78 is 37.9. The fourth-order valence-corrected chi connectivity index (χ4v) is 5.05. The maximum absolute atomic E-state index is 13.4. The molecule has 2 aliphatic rings. The summed E-state index contributed by atoms with van der Waals surface area (Å²) >= 11 is 0. The van der Waals surface area contributed by atoms with Gasteiger partial charge in [-0.2, -0.15) is 0 Å². The number of ether oxygens (including phenoxy) is 2. The smallest absolute Gasteiger partial charge is 0.395 e. The number of amides is 1. The van der Waals surface area contributed by atoms with E-state index >= 15 is 0 Å². The number of carbonyl (C=O) groups is 1. The summed E-state index contributed by atoms with van der Waals surface area (Å²) in [5, 5.41) is 23.5. The normalized spacial score (nSPS) is 18.3. The van der Waals surface area contributed by atoms with Gasteiger partial charge in [-0.05, 0) is 61.2 Å². The summed E-state index contributed by atoms with van der Waals surface area (Å²) in [5.41, 5.74) is 3.07. The molecule has 1 amide bonds. The van der Waals surface area contributed by atoms with Gasteiger partial charge in [0.1, 0.15) is 0 Å². The molecule has 0 radical (unpaired) electrons. The standard InChI is InChI=1S/C27H30F2N2O5.3H2/c1-15-9-18(10-16-11-22(25(2,3)4)31(23(15)16)13-19(33)14-32)30-24(34)26(7-8-26)17-5-6-20-21(12-17)36-27(28,29)35-20;;;/h5-6,9-12,19,32-33H,7-8,13-14H2,1-4H3,(H,30,34);3*1H/t19-;;;/m1.../s1. The van der Waals surface area contributed by atoms with Crippen LogP contribution < -0.4 is 14.8 Å². The van der Waals surface area contributed by atoms with Crippen molar-refractivity contribution in [3.05, 3.63) is 53.2 Å². The van der Waals surface area contributed by atoms with Crippen molar-refractivity contribution in [2.24, 2.45) is 0 Å². The van der Waals surface area contributed by atoms with Crippen molar-refractivity contribution in [3.63, 3.8) is 0 Å². The van der Waals surface area contributed by atoms with Crippen LogP contribution in [0.5, 0.6) is 11.5 Å². The summed E-state index contributed by atoms with van der Waals surface area (Å²) in [6.45, 7) is 8.11. The van der Waals surface area contributed by atoms with Crippen LogP contribution in [0.2, 0.25) is 0 Å². The number of aliphatic hydroxyl groups excluding tert-OH is 2. The van der Waals surface area contributed by atoms with Crippen LogP contribution in [-0.2, 0) is 22.2 Å². The first-order chi connectivity index (χ1) is 16.8. The maximum atomic E-state index is 13.4. The van der Waals surface area contributed by atoms with Gasteiger partial charge in [-0.1, -0.05) is 26.8 Å². The zero-order chi connectivity index (χ0) is 26.0. The Kier molecular flexibility index (Phi) is 5.57. The van der Waals surface area contributed by atoms with Crippen LogP contribution in [0.4, 0.5) is 14.5 Å². The van der Waals surface area contributed by atoms with Gasteiger partial charge in [0.25, 0.3) is 0 Å². The number of aromatic nitrogens is 1. The maximum Gasteiger partial charge on any atom is 0.586 e. The lowest BCUT2D eigenvalue weighted by molar-refractivity contribution is -0.286. The summed E-state index contributed by atoms with van der Waals surface area (Å²) in [5.74, 6) is -0.334. The monoisotopic (exact) mass is 506 g/mol. The minimum atomic E-state index is -3.71. The summed E-state index contributed by atoms with van der Waals surface area (Å²) in [6, 6.07) is 10.3. The predicted octanol–water partition coefficient (Wildman–Crippen LogP) is 5.33. The second-order valence-corrected chi connectivity index (χ2v) is 10.8. The quantitative estimate of drug-likeness (QED) is 0.420. The van der Waals surface area contributed by atoms with Crippen LogP contribution >= 0.6 is 0 Å². The molecule has 2 heterocycles. The molecule has 1 aliphatic heterocycles. The fourth-order valence-electron chi connectivity index (χ4n) is 5.05. The molecule has 7 nitrogen and oxygen atoms in total. The summed E-state index contributed by atoms with van der Waals surface area (Å²) in [4.78, 5) is 13.4. The molecule has 5 rings (SSSR count). The van der Waals surface area contributed by atoms with Crippen LogP contribution in [0.15, 0.2) is 36.4 Å². The molecular formula is C27H36F2N2O5. The number of alkyl halides is 2. The van der Waals surface area contributed by atoms with Crippen LogP contribution in [0.1, 0.15) is 54.7 Å². The molecule has 1 saturated carbocycles. The average molecular weight is 507 g/mol. The van der Waals surface area contributed by atoms with E-state index in [1.54, 1.807) is 6.07 Å². The van der Waals surface area contributed by atoms with E-state index in [2.05, 4.69) is 35.6 Å². The number of hydrogen-bond acceptors (Lipinski definition) is 5. The third-order valence-corrected chi connectivity index (χ3v) is 6.95. The zero-order valence-corrected chi connectivity index (χ0v) is 20.7. The Morgan fingerprint density at radius 1 is 1.17 bits per heavy atom. The first-order valence-corrected chi connectivity index (χ1v) is 12.0. The largest absolute Gasteiger partial charge is 0.586 e. The van der Waals surface area contributed by atoms with E-state index in [4.69, 9.17) is 0 Å². The molecule has 1 atom stereocenters. The van der Waals surface area contributed by atoms with Gasteiger partial charge in [0.05, 0.1) is 30.2 Å². The average Bonchev–Trinajstić information content (AvgIpc) is 3.41. The van der Waals surface area contributed by atoms with Gasteiger partial charge < -0.3 is 29.6 Å².